The van der Waals surface area contributed by atoms with Gasteiger partial charge in [-0.15, -0.1) is 0 Å². The molecule has 1 N–H and O–H groups in total. The van der Waals surface area contributed by atoms with E-state index in [0.29, 0.717) is 18.0 Å². The molecular formula is C21H24ClFN2O3S. The first-order valence-corrected chi connectivity index (χ1v) is 11.5. The number of benzene rings is 2. The Morgan fingerprint density at radius 1 is 1.14 bits per heavy atom. The summed E-state index contributed by atoms with van der Waals surface area (Å²) in [6.07, 6.45) is 5.90. The summed E-state index contributed by atoms with van der Waals surface area (Å²) in [5.41, 5.74) is 0.456. The molecule has 1 saturated carbocycles. The summed E-state index contributed by atoms with van der Waals surface area (Å²) >= 11 is 6.14. The van der Waals surface area contributed by atoms with Gasteiger partial charge in [-0.1, -0.05) is 30.9 Å². The van der Waals surface area contributed by atoms with Gasteiger partial charge in [0.25, 0.3) is 15.9 Å². The number of carbonyl (C=O) groups excluding carboxylic acids is 1. The second kappa shape index (κ2) is 9.13. The average molecular weight is 439 g/mol. The Morgan fingerprint density at radius 2 is 1.79 bits per heavy atom. The molecule has 0 atom stereocenters. The largest absolute Gasteiger partial charge is 0.341 e. The average Bonchev–Trinajstić information content (AvgIpc) is 2.70. The maximum atomic E-state index is 13.1. The quantitative estimate of drug-likeness (QED) is 0.695. The van der Waals surface area contributed by atoms with Gasteiger partial charge in [0.2, 0.25) is 0 Å². The molecule has 1 aliphatic rings. The van der Waals surface area contributed by atoms with Crippen molar-refractivity contribution in [2.45, 2.75) is 37.0 Å². The number of hydrogen-bond acceptors (Lipinski definition) is 3. The van der Waals surface area contributed by atoms with Crippen molar-refractivity contribution in [3.63, 3.8) is 0 Å². The molecule has 0 radical (unpaired) electrons. The van der Waals surface area contributed by atoms with Crippen LogP contribution in [0.25, 0.3) is 0 Å². The van der Waals surface area contributed by atoms with E-state index in [1.807, 2.05) is 0 Å². The summed E-state index contributed by atoms with van der Waals surface area (Å²) in [5.74, 6) is -0.216. The van der Waals surface area contributed by atoms with E-state index in [9.17, 15) is 17.6 Å². The van der Waals surface area contributed by atoms with Crippen LogP contribution in [0.5, 0.6) is 0 Å². The Morgan fingerprint density at radius 3 is 2.45 bits per heavy atom. The number of halogens is 2. The lowest BCUT2D eigenvalue weighted by Crippen LogP contribution is -2.32. The molecule has 0 spiro atoms. The van der Waals surface area contributed by atoms with Gasteiger partial charge in [-0.25, -0.2) is 12.8 Å². The molecule has 0 heterocycles. The molecule has 0 saturated heterocycles. The number of nitrogens with zero attached hydrogens (tertiary/aromatic N) is 1. The molecule has 2 aromatic rings. The van der Waals surface area contributed by atoms with Crippen LogP contribution in [-0.4, -0.2) is 32.8 Å². The van der Waals surface area contributed by atoms with Gasteiger partial charge in [0.15, 0.2) is 0 Å². The van der Waals surface area contributed by atoms with Crippen LogP contribution in [0.1, 0.15) is 42.5 Å². The third-order valence-electron chi connectivity index (χ3n) is 5.19. The van der Waals surface area contributed by atoms with Crippen LogP contribution < -0.4 is 4.72 Å². The zero-order chi connectivity index (χ0) is 21.0. The van der Waals surface area contributed by atoms with Crippen molar-refractivity contribution < 1.29 is 17.6 Å². The van der Waals surface area contributed by atoms with Gasteiger partial charge in [0.1, 0.15) is 5.82 Å². The minimum Gasteiger partial charge on any atom is -0.341 e. The fourth-order valence-electron chi connectivity index (χ4n) is 3.61. The van der Waals surface area contributed by atoms with Crippen LogP contribution in [-0.2, 0) is 10.0 Å². The summed E-state index contributed by atoms with van der Waals surface area (Å²) in [7, 11) is -2.21. The fraction of sp³-hybridized carbons (Fsp3) is 0.381. The van der Waals surface area contributed by atoms with Crippen LogP contribution in [0.15, 0.2) is 47.4 Å². The number of nitrogens with one attached hydrogen (secondary N) is 1. The van der Waals surface area contributed by atoms with Gasteiger partial charge in [0.05, 0.1) is 15.6 Å². The molecule has 5 nitrogen and oxygen atoms in total. The maximum Gasteiger partial charge on any atom is 0.261 e. The van der Waals surface area contributed by atoms with Crippen molar-refractivity contribution in [3.8, 4) is 0 Å². The molecule has 1 fully saturated rings. The number of hydrogen-bond donors (Lipinski definition) is 1. The predicted molar refractivity (Wildman–Crippen MR) is 112 cm³/mol. The molecule has 0 aromatic heterocycles. The summed E-state index contributed by atoms with van der Waals surface area (Å²) < 4.78 is 40.6. The van der Waals surface area contributed by atoms with E-state index < -0.39 is 15.8 Å². The number of amides is 1. The van der Waals surface area contributed by atoms with Crippen LogP contribution in [0, 0.1) is 11.7 Å². The van der Waals surface area contributed by atoms with Gasteiger partial charge >= 0.3 is 0 Å². The van der Waals surface area contributed by atoms with E-state index in [4.69, 9.17) is 11.6 Å². The smallest absolute Gasteiger partial charge is 0.261 e. The van der Waals surface area contributed by atoms with Crippen molar-refractivity contribution in [1.29, 1.82) is 0 Å². The summed E-state index contributed by atoms with van der Waals surface area (Å²) in [5, 5.41) is 0.169. The van der Waals surface area contributed by atoms with Crippen LogP contribution in [0.4, 0.5) is 10.1 Å². The lowest BCUT2D eigenvalue weighted by molar-refractivity contribution is 0.0760. The highest BCUT2D eigenvalue weighted by molar-refractivity contribution is 7.92. The summed E-state index contributed by atoms with van der Waals surface area (Å²) in [6, 6.07) is 8.97. The van der Waals surface area contributed by atoms with E-state index in [-0.39, 0.29) is 21.5 Å². The standard InChI is InChI=1S/C21H24ClFN2O3S/c1-25(14-15-5-3-2-4-6-15)21(26)16-7-12-19(22)20(13-16)24-29(27,28)18-10-8-17(23)9-11-18/h7-13,15,24H,2-6,14H2,1H3. The summed E-state index contributed by atoms with van der Waals surface area (Å²) in [4.78, 5) is 14.4. The first-order valence-electron chi connectivity index (χ1n) is 9.59. The van der Waals surface area contributed by atoms with Gasteiger partial charge < -0.3 is 4.90 Å². The Bertz CT molecular complexity index is 974. The second-order valence-electron chi connectivity index (χ2n) is 7.44. The molecule has 29 heavy (non-hydrogen) atoms. The number of anilines is 1. The van der Waals surface area contributed by atoms with Crippen molar-refractivity contribution >= 4 is 33.2 Å². The van der Waals surface area contributed by atoms with Crippen LogP contribution in [0.3, 0.4) is 0 Å². The molecular weight excluding hydrogens is 415 g/mol. The van der Waals surface area contributed by atoms with Crippen LogP contribution >= 0.6 is 11.6 Å². The monoisotopic (exact) mass is 438 g/mol. The molecule has 0 unspecified atom stereocenters. The normalized spacial score (nSPS) is 15.1. The molecule has 8 heteroatoms. The third kappa shape index (κ3) is 5.48. The van der Waals surface area contributed by atoms with Crippen LogP contribution in [0.2, 0.25) is 5.02 Å². The molecule has 0 bridgehead atoms. The highest BCUT2D eigenvalue weighted by Crippen LogP contribution is 2.28. The second-order valence-corrected chi connectivity index (χ2v) is 9.53. The fourth-order valence-corrected chi connectivity index (χ4v) is 4.91. The lowest BCUT2D eigenvalue weighted by atomic mass is 9.89. The van der Waals surface area contributed by atoms with E-state index in [2.05, 4.69) is 4.72 Å². The van der Waals surface area contributed by atoms with Gasteiger partial charge in [-0.3, -0.25) is 9.52 Å². The van der Waals surface area contributed by atoms with Crippen molar-refractivity contribution in [2.75, 3.05) is 18.3 Å². The van der Waals surface area contributed by atoms with Gasteiger partial charge in [-0.05, 0) is 61.2 Å². The molecule has 1 aliphatic carbocycles. The van der Waals surface area contributed by atoms with E-state index >= 15 is 0 Å². The molecule has 2 aromatic carbocycles. The zero-order valence-corrected chi connectivity index (χ0v) is 17.8. The van der Waals surface area contributed by atoms with Crippen molar-refractivity contribution in [1.82, 2.24) is 4.90 Å². The highest BCUT2D eigenvalue weighted by atomic mass is 35.5. The topological polar surface area (TPSA) is 66.5 Å². The van der Waals surface area contributed by atoms with Gasteiger partial charge in [0, 0.05) is 19.2 Å². The van der Waals surface area contributed by atoms with E-state index in [1.54, 1.807) is 18.0 Å². The molecule has 3 rings (SSSR count). The Labute approximate surface area is 175 Å². The zero-order valence-electron chi connectivity index (χ0n) is 16.2. The minimum atomic E-state index is -3.96. The summed E-state index contributed by atoms with van der Waals surface area (Å²) in [6.45, 7) is 0.679. The number of sulfonamides is 1. The molecule has 156 valence electrons. The third-order valence-corrected chi connectivity index (χ3v) is 6.90. The minimum absolute atomic E-state index is 0.0962. The Kier molecular flexibility index (Phi) is 6.80. The lowest BCUT2D eigenvalue weighted by Gasteiger charge is -2.27. The molecule has 1 amide bonds. The first-order chi connectivity index (χ1) is 13.8. The van der Waals surface area contributed by atoms with Crippen molar-refractivity contribution in [3.05, 3.63) is 58.9 Å². The van der Waals surface area contributed by atoms with E-state index in [1.165, 1.54) is 43.5 Å². The molecule has 0 aliphatic heterocycles. The predicted octanol–water partition coefficient (Wildman–Crippen LogP) is 4.93. The SMILES string of the molecule is CN(CC1CCCCC1)C(=O)c1ccc(Cl)c(NS(=O)(=O)c2ccc(F)cc2)c1. The van der Waals surface area contributed by atoms with Crippen molar-refractivity contribution in [2.24, 2.45) is 5.92 Å². The number of rotatable bonds is 6. The highest BCUT2D eigenvalue weighted by Gasteiger charge is 2.21. The van der Waals surface area contributed by atoms with E-state index in [0.717, 1.165) is 25.0 Å². The first kappa shape index (κ1) is 21.6. The van der Waals surface area contributed by atoms with Gasteiger partial charge in [-0.2, -0.15) is 0 Å². The number of carbonyl (C=O) groups is 1. The Hall–Kier alpha value is -2.12. The maximum absolute atomic E-state index is 13.1. The Balaban J connectivity index is 1.76.